The molecule has 1 amide bonds. The summed E-state index contributed by atoms with van der Waals surface area (Å²) in [5, 5.41) is 6.00. The highest BCUT2D eigenvalue weighted by Gasteiger charge is 2.19. The topological polar surface area (TPSA) is 87.3 Å². The van der Waals surface area contributed by atoms with Gasteiger partial charge in [0, 0.05) is 37.2 Å². The van der Waals surface area contributed by atoms with Crippen LogP contribution in [0.3, 0.4) is 0 Å². The maximum atomic E-state index is 12.1. The fourth-order valence-electron chi connectivity index (χ4n) is 2.03. The van der Waals surface area contributed by atoms with E-state index >= 15 is 0 Å². The maximum Gasteiger partial charge on any atom is 0.251 e. The Morgan fingerprint density at radius 3 is 2.45 bits per heavy atom. The standard InChI is InChI=1S/C15H23N3O3S/c1-3-11(2)18-22(20,21)14-6-4-13(5-7-14)15(19)17-10-12-8-16-9-12/h4-7,11-12,16,18H,3,8-10H2,1-2H3,(H,17,19). The molecule has 7 heteroatoms. The molecule has 1 saturated heterocycles. The van der Waals surface area contributed by atoms with Gasteiger partial charge in [-0.25, -0.2) is 13.1 Å². The zero-order valence-corrected chi connectivity index (χ0v) is 13.7. The molecule has 1 unspecified atom stereocenters. The van der Waals surface area contributed by atoms with Crippen LogP contribution in [0.2, 0.25) is 0 Å². The van der Waals surface area contributed by atoms with E-state index in [1.807, 2.05) is 13.8 Å². The Labute approximate surface area is 131 Å². The summed E-state index contributed by atoms with van der Waals surface area (Å²) in [6, 6.07) is 5.89. The van der Waals surface area contributed by atoms with Crippen LogP contribution >= 0.6 is 0 Å². The molecule has 1 heterocycles. The molecule has 1 aromatic rings. The number of hydrogen-bond donors (Lipinski definition) is 3. The molecule has 1 fully saturated rings. The monoisotopic (exact) mass is 325 g/mol. The number of sulfonamides is 1. The van der Waals surface area contributed by atoms with Crippen molar-refractivity contribution in [1.29, 1.82) is 0 Å². The second-order valence-corrected chi connectivity index (χ2v) is 7.40. The predicted octanol–water partition coefficient (Wildman–Crippen LogP) is 0.713. The normalized spacial score (nSPS) is 16.8. The van der Waals surface area contributed by atoms with Gasteiger partial charge in [0.05, 0.1) is 4.90 Å². The summed E-state index contributed by atoms with van der Waals surface area (Å²) in [7, 11) is -3.52. The van der Waals surface area contributed by atoms with Crippen LogP contribution in [0.5, 0.6) is 0 Å². The van der Waals surface area contributed by atoms with Crippen molar-refractivity contribution in [2.24, 2.45) is 5.92 Å². The van der Waals surface area contributed by atoms with Crippen LogP contribution in [0.4, 0.5) is 0 Å². The van der Waals surface area contributed by atoms with Gasteiger partial charge in [-0.2, -0.15) is 0 Å². The Morgan fingerprint density at radius 2 is 1.95 bits per heavy atom. The Morgan fingerprint density at radius 1 is 1.32 bits per heavy atom. The molecule has 0 aliphatic carbocycles. The van der Waals surface area contributed by atoms with Gasteiger partial charge in [-0.15, -0.1) is 0 Å². The summed E-state index contributed by atoms with van der Waals surface area (Å²) in [5.41, 5.74) is 0.467. The van der Waals surface area contributed by atoms with Crippen LogP contribution in [0, 0.1) is 5.92 Å². The number of carbonyl (C=O) groups is 1. The molecule has 0 saturated carbocycles. The molecule has 0 aromatic heterocycles. The van der Waals surface area contributed by atoms with Gasteiger partial charge in [0.2, 0.25) is 10.0 Å². The quantitative estimate of drug-likeness (QED) is 0.689. The van der Waals surface area contributed by atoms with E-state index in [0.717, 1.165) is 19.5 Å². The van der Waals surface area contributed by atoms with Gasteiger partial charge in [0.1, 0.15) is 0 Å². The molecule has 1 aliphatic heterocycles. The van der Waals surface area contributed by atoms with Gasteiger partial charge >= 0.3 is 0 Å². The van der Waals surface area contributed by atoms with E-state index in [4.69, 9.17) is 0 Å². The molecule has 3 N–H and O–H groups in total. The van der Waals surface area contributed by atoms with Crippen LogP contribution in [0.15, 0.2) is 29.2 Å². The van der Waals surface area contributed by atoms with Crippen LogP contribution < -0.4 is 15.4 Å². The lowest BCUT2D eigenvalue weighted by molar-refractivity contribution is 0.0942. The Hall–Kier alpha value is -1.44. The second kappa shape index (κ2) is 7.21. The van der Waals surface area contributed by atoms with Crippen molar-refractivity contribution in [3.05, 3.63) is 29.8 Å². The first-order valence-electron chi connectivity index (χ1n) is 7.53. The predicted molar refractivity (Wildman–Crippen MR) is 85.2 cm³/mol. The first-order valence-corrected chi connectivity index (χ1v) is 9.02. The van der Waals surface area contributed by atoms with Crippen molar-refractivity contribution in [2.45, 2.75) is 31.2 Å². The summed E-state index contributed by atoms with van der Waals surface area (Å²) < 4.78 is 26.8. The number of benzene rings is 1. The van der Waals surface area contributed by atoms with E-state index < -0.39 is 10.0 Å². The van der Waals surface area contributed by atoms with Crippen molar-refractivity contribution in [3.63, 3.8) is 0 Å². The molecule has 0 radical (unpaired) electrons. The smallest absolute Gasteiger partial charge is 0.251 e. The summed E-state index contributed by atoms with van der Waals surface area (Å²) in [6.45, 7) is 6.23. The Bertz CT molecular complexity index is 609. The molecule has 22 heavy (non-hydrogen) atoms. The van der Waals surface area contributed by atoms with Gasteiger partial charge in [0.15, 0.2) is 0 Å². The second-order valence-electron chi connectivity index (χ2n) is 5.69. The molecule has 0 bridgehead atoms. The third-order valence-corrected chi connectivity index (χ3v) is 5.42. The van der Waals surface area contributed by atoms with E-state index in [1.54, 1.807) is 12.1 Å². The number of amides is 1. The summed E-state index contributed by atoms with van der Waals surface area (Å²) >= 11 is 0. The first kappa shape index (κ1) is 16.9. The minimum atomic E-state index is -3.52. The summed E-state index contributed by atoms with van der Waals surface area (Å²) in [5.74, 6) is 0.314. The molecule has 6 nitrogen and oxygen atoms in total. The molecular formula is C15H23N3O3S. The summed E-state index contributed by atoms with van der Waals surface area (Å²) in [4.78, 5) is 12.2. The number of rotatable bonds is 7. The fourth-order valence-corrected chi connectivity index (χ4v) is 3.36. The van der Waals surface area contributed by atoms with Gasteiger partial charge in [-0.1, -0.05) is 6.92 Å². The molecule has 2 rings (SSSR count). The van der Waals surface area contributed by atoms with Gasteiger partial charge in [-0.3, -0.25) is 4.79 Å². The van der Waals surface area contributed by atoms with Crippen molar-refractivity contribution < 1.29 is 13.2 Å². The zero-order valence-electron chi connectivity index (χ0n) is 12.9. The van der Waals surface area contributed by atoms with E-state index in [2.05, 4.69) is 15.4 Å². The molecule has 0 spiro atoms. The highest BCUT2D eigenvalue weighted by atomic mass is 32.2. The highest BCUT2D eigenvalue weighted by molar-refractivity contribution is 7.89. The van der Waals surface area contributed by atoms with Crippen molar-refractivity contribution >= 4 is 15.9 Å². The van der Waals surface area contributed by atoms with E-state index in [9.17, 15) is 13.2 Å². The molecular weight excluding hydrogens is 302 g/mol. The average molecular weight is 325 g/mol. The van der Waals surface area contributed by atoms with Crippen LogP contribution in [-0.4, -0.2) is 40.0 Å². The SMILES string of the molecule is CCC(C)NS(=O)(=O)c1ccc(C(=O)NCC2CNC2)cc1. The highest BCUT2D eigenvalue weighted by Crippen LogP contribution is 2.12. The molecule has 1 aliphatic rings. The van der Waals surface area contributed by atoms with Crippen molar-refractivity contribution in [2.75, 3.05) is 19.6 Å². The van der Waals surface area contributed by atoms with E-state index in [0.29, 0.717) is 18.0 Å². The molecule has 1 aromatic carbocycles. The Balaban J connectivity index is 1.98. The van der Waals surface area contributed by atoms with Crippen molar-refractivity contribution in [3.8, 4) is 0 Å². The number of nitrogens with one attached hydrogen (secondary N) is 3. The maximum absolute atomic E-state index is 12.1. The zero-order chi connectivity index (χ0) is 16.2. The van der Waals surface area contributed by atoms with Crippen LogP contribution in [0.1, 0.15) is 30.6 Å². The molecule has 1 atom stereocenters. The minimum Gasteiger partial charge on any atom is -0.352 e. The lowest BCUT2D eigenvalue weighted by atomic mass is 10.0. The third-order valence-electron chi connectivity index (χ3n) is 3.81. The van der Waals surface area contributed by atoms with Gasteiger partial charge in [-0.05, 0) is 37.6 Å². The molecule has 122 valence electrons. The van der Waals surface area contributed by atoms with Crippen LogP contribution in [0.25, 0.3) is 0 Å². The van der Waals surface area contributed by atoms with Gasteiger partial charge < -0.3 is 10.6 Å². The Kier molecular flexibility index (Phi) is 5.55. The minimum absolute atomic E-state index is 0.121. The lowest BCUT2D eigenvalue weighted by Gasteiger charge is -2.27. The average Bonchev–Trinajstić information content (AvgIpc) is 2.45. The largest absolute Gasteiger partial charge is 0.352 e. The van der Waals surface area contributed by atoms with Crippen molar-refractivity contribution in [1.82, 2.24) is 15.4 Å². The number of hydrogen-bond acceptors (Lipinski definition) is 4. The first-order chi connectivity index (χ1) is 10.4. The van der Waals surface area contributed by atoms with E-state index in [-0.39, 0.29) is 16.8 Å². The lowest BCUT2D eigenvalue weighted by Crippen LogP contribution is -2.48. The van der Waals surface area contributed by atoms with Gasteiger partial charge in [0.25, 0.3) is 5.91 Å². The fraction of sp³-hybridized carbons (Fsp3) is 0.533. The third kappa shape index (κ3) is 4.28. The van der Waals surface area contributed by atoms with Crippen LogP contribution in [-0.2, 0) is 10.0 Å². The number of carbonyl (C=O) groups excluding carboxylic acids is 1. The van der Waals surface area contributed by atoms with E-state index in [1.165, 1.54) is 12.1 Å². The summed E-state index contributed by atoms with van der Waals surface area (Å²) in [6.07, 6.45) is 0.718.